The molecular formula is C14H30O3. The fraction of sp³-hybridized carbons (Fsp3) is 0.929. The molecule has 2 atom stereocenters. The largest absolute Gasteiger partial charge is 0.481 e. The Labute approximate surface area is 106 Å². The summed E-state index contributed by atoms with van der Waals surface area (Å²) in [5.74, 6) is 0.140. The molecule has 0 aliphatic rings. The van der Waals surface area contributed by atoms with E-state index in [4.69, 9.17) is 10.2 Å². The smallest absolute Gasteiger partial charge is 0.303 e. The molecule has 104 valence electrons. The highest BCUT2D eigenvalue weighted by atomic mass is 16.4. The molecule has 3 heteroatoms. The van der Waals surface area contributed by atoms with Crippen LogP contribution in [0.1, 0.15) is 72.6 Å². The van der Waals surface area contributed by atoms with Gasteiger partial charge in [0.15, 0.2) is 0 Å². The minimum atomic E-state index is -0.745. The second kappa shape index (κ2) is 13.5. The average Bonchev–Trinajstić information content (AvgIpc) is 2.28. The lowest BCUT2D eigenvalue weighted by molar-refractivity contribution is -0.136. The van der Waals surface area contributed by atoms with E-state index in [0.29, 0.717) is 0 Å². The third-order valence-electron chi connectivity index (χ3n) is 2.82. The summed E-state index contributed by atoms with van der Waals surface area (Å²) in [5.41, 5.74) is 0. The van der Waals surface area contributed by atoms with Crippen LogP contribution >= 0.6 is 0 Å². The topological polar surface area (TPSA) is 57.5 Å². The number of aliphatic carboxylic acids is 1. The predicted octanol–water partition coefficient (Wildman–Crippen LogP) is 3.84. The van der Waals surface area contributed by atoms with E-state index < -0.39 is 5.97 Å². The summed E-state index contributed by atoms with van der Waals surface area (Å²) in [7, 11) is 0. The predicted molar refractivity (Wildman–Crippen MR) is 72.1 cm³/mol. The summed E-state index contributed by atoms with van der Waals surface area (Å²) < 4.78 is 0. The summed E-state index contributed by atoms with van der Waals surface area (Å²) >= 11 is 0. The first-order valence-electron chi connectivity index (χ1n) is 6.83. The van der Waals surface area contributed by atoms with Crippen LogP contribution < -0.4 is 0 Å². The number of carbonyl (C=O) groups is 1. The molecule has 0 rings (SSSR count). The first-order chi connectivity index (χ1) is 7.93. The Bertz CT molecular complexity index is 167. The van der Waals surface area contributed by atoms with Crippen molar-refractivity contribution in [1.29, 1.82) is 0 Å². The molecule has 0 aliphatic carbocycles. The van der Waals surface area contributed by atoms with Gasteiger partial charge in [-0.3, -0.25) is 4.79 Å². The number of hydrogen-bond acceptors (Lipinski definition) is 2. The van der Waals surface area contributed by atoms with Gasteiger partial charge in [-0.2, -0.15) is 0 Å². The van der Waals surface area contributed by atoms with E-state index in [1.54, 1.807) is 6.92 Å². The quantitative estimate of drug-likeness (QED) is 0.640. The Balaban J connectivity index is 0. The number of aliphatic hydroxyl groups is 1. The highest BCUT2D eigenvalue weighted by molar-refractivity contribution is 5.66. The van der Waals surface area contributed by atoms with Crippen LogP contribution in [0.5, 0.6) is 0 Å². The number of hydrogen-bond donors (Lipinski definition) is 2. The molecule has 0 saturated heterocycles. The molecule has 0 bridgehead atoms. The number of unbranched alkanes of at least 4 members (excludes halogenated alkanes) is 2. The van der Waals surface area contributed by atoms with Gasteiger partial charge < -0.3 is 10.2 Å². The van der Waals surface area contributed by atoms with Gasteiger partial charge in [-0.05, 0) is 19.3 Å². The Morgan fingerprint density at radius 2 is 1.53 bits per heavy atom. The summed E-state index contributed by atoms with van der Waals surface area (Å²) in [5, 5.41) is 16.7. The molecule has 0 spiro atoms. The zero-order valence-corrected chi connectivity index (χ0v) is 11.9. The van der Waals surface area contributed by atoms with E-state index >= 15 is 0 Å². The molecule has 0 unspecified atom stereocenters. The second-order valence-corrected chi connectivity index (χ2v) is 4.75. The molecule has 0 aliphatic heterocycles. The molecule has 3 nitrogen and oxygen atoms in total. The van der Waals surface area contributed by atoms with Crippen molar-refractivity contribution in [3.63, 3.8) is 0 Å². The average molecular weight is 246 g/mol. The number of carboxylic acid groups (broad SMARTS) is 1. The van der Waals surface area contributed by atoms with Gasteiger partial charge in [-0.15, -0.1) is 0 Å². The van der Waals surface area contributed by atoms with Crippen LogP contribution in [-0.4, -0.2) is 22.3 Å². The molecule has 0 fully saturated rings. The first kappa shape index (κ1) is 18.8. The Morgan fingerprint density at radius 1 is 1.06 bits per heavy atom. The van der Waals surface area contributed by atoms with Crippen LogP contribution in [0.2, 0.25) is 0 Å². The molecular weight excluding hydrogens is 216 g/mol. The molecule has 2 N–H and O–H groups in total. The summed E-state index contributed by atoms with van der Waals surface area (Å²) in [4.78, 5) is 9.37. The summed E-state index contributed by atoms with van der Waals surface area (Å²) in [6.07, 6.45) is 7.56. The maximum absolute atomic E-state index is 9.37. The van der Waals surface area contributed by atoms with Gasteiger partial charge in [0.05, 0.1) is 6.10 Å². The van der Waals surface area contributed by atoms with Crippen LogP contribution in [0.4, 0.5) is 0 Å². The van der Waals surface area contributed by atoms with Crippen molar-refractivity contribution in [1.82, 2.24) is 0 Å². The Morgan fingerprint density at radius 3 is 1.88 bits per heavy atom. The van der Waals surface area contributed by atoms with Gasteiger partial charge in [0.2, 0.25) is 0 Å². The van der Waals surface area contributed by atoms with Gasteiger partial charge in [-0.1, -0.05) is 52.9 Å². The van der Waals surface area contributed by atoms with Crippen LogP contribution in [0.25, 0.3) is 0 Å². The molecule has 0 amide bonds. The van der Waals surface area contributed by atoms with Crippen molar-refractivity contribution < 1.29 is 15.0 Å². The molecule has 0 aromatic carbocycles. The zero-order valence-electron chi connectivity index (χ0n) is 11.9. The minimum absolute atomic E-state index is 0.103. The van der Waals surface area contributed by atoms with Gasteiger partial charge in [0.1, 0.15) is 0 Å². The lowest BCUT2D eigenvalue weighted by atomic mass is 10.00. The van der Waals surface area contributed by atoms with Gasteiger partial charge in [-0.25, -0.2) is 0 Å². The molecule has 0 aromatic rings. The van der Waals surface area contributed by atoms with Gasteiger partial charge in [0.25, 0.3) is 0 Å². The Hall–Kier alpha value is -0.570. The Kier molecular flexibility index (Phi) is 14.9. The monoisotopic (exact) mass is 246 g/mol. The van der Waals surface area contributed by atoms with Crippen molar-refractivity contribution >= 4 is 5.97 Å². The number of carboxylic acids is 1. The summed E-state index contributed by atoms with van der Waals surface area (Å²) in [6, 6.07) is 0. The molecule has 0 saturated carbocycles. The third kappa shape index (κ3) is 21.3. The zero-order chi connectivity index (χ0) is 13.7. The fourth-order valence-electron chi connectivity index (χ4n) is 1.31. The minimum Gasteiger partial charge on any atom is -0.481 e. The standard InChI is InChI=1S/C11H24O.C3H6O2/c1-4-10(2)8-6-5-7-9-11(3)12;1-2-3(4)5/h10-12H,4-9H2,1-3H3;2H2,1H3,(H,4,5)/t10-,11-;/m0./s1. The third-order valence-corrected chi connectivity index (χ3v) is 2.82. The SMILES string of the molecule is CCC(=O)O.CC[C@H](C)CCCCC[C@H](C)O. The van der Waals surface area contributed by atoms with Crippen LogP contribution in [0.3, 0.4) is 0 Å². The van der Waals surface area contributed by atoms with Crippen molar-refractivity contribution in [2.45, 2.75) is 78.7 Å². The highest BCUT2D eigenvalue weighted by Crippen LogP contribution is 2.13. The number of rotatable bonds is 8. The van der Waals surface area contributed by atoms with E-state index in [9.17, 15) is 4.79 Å². The van der Waals surface area contributed by atoms with Crippen molar-refractivity contribution in [3.8, 4) is 0 Å². The van der Waals surface area contributed by atoms with Gasteiger partial charge in [0, 0.05) is 6.42 Å². The summed E-state index contributed by atoms with van der Waals surface area (Å²) in [6.45, 7) is 8.03. The van der Waals surface area contributed by atoms with Crippen LogP contribution in [0.15, 0.2) is 0 Å². The van der Waals surface area contributed by atoms with Crippen molar-refractivity contribution in [3.05, 3.63) is 0 Å². The van der Waals surface area contributed by atoms with Crippen LogP contribution in [0, 0.1) is 5.92 Å². The van der Waals surface area contributed by atoms with E-state index in [1.165, 1.54) is 32.1 Å². The van der Waals surface area contributed by atoms with Crippen molar-refractivity contribution in [2.75, 3.05) is 0 Å². The lowest BCUT2D eigenvalue weighted by Crippen LogP contribution is -1.98. The second-order valence-electron chi connectivity index (χ2n) is 4.75. The highest BCUT2D eigenvalue weighted by Gasteiger charge is 1.99. The van der Waals surface area contributed by atoms with E-state index in [-0.39, 0.29) is 12.5 Å². The van der Waals surface area contributed by atoms with E-state index in [1.807, 2.05) is 6.92 Å². The van der Waals surface area contributed by atoms with Crippen LogP contribution in [-0.2, 0) is 4.79 Å². The van der Waals surface area contributed by atoms with E-state index in [0.717, 1.165) is 12.3 Å². The maximum Gasteiger partial charge on any atom is 0.303 e. The molecule has 0 heterocycles. The first-order valence-corrected chi connectivity index (χ1v) is 6.83. The van der Waals surface area contributed by atoms with Crippen molar-refractivity contribution in [2.24, 2.45) is 5.92 Å². The van der Waals surface area contributed by atoms with Gasteiger partial charge >= 0.3 is 5.97 Å². The normalized spacial score (nSPS) is 13.5. The van der Waals surface area contributed by atoms with E-state index in [2.05, 4.69) is 13.8 Å². The fourth-order valence-corrected chi connectivity index (χ4v) is 1.31. The maximum atomic E-state index is 9.37. The lowest BCUT2D eigenvalue weighted by Gasteiger charge is -2.07. The molecule has 0 aromatic heterocycles. The molecule has 0 radical (unpaired) electrons. The number of aliphatic hydroxyl groups excluding tert-OH is 1. The molecule has 17 heavy (non-hydrogen) atoms.